The van der Waals surface area contributed by atoms with E-state index in [9.17, 15) is 9.90 Å². The maximum Gasteiger partial charge on any atom is 0.0945 e. The molecule has 37 heavy (non-hydrogen) atoms. The summed E-state index contributed by atoms with van der Waals surface area (Å²) in [6, 6.07) is 9.04. The van der Waals surface area contributed by atoms with Gasteiger partial charge in [0.25, 0.3) is 0 Å². The summed E-state index contributed by atoms with van der Waals surface area (Å²) in [4.78, 5) is 10.4. The second-order valence-corrected chi connectivity index (χ2v) is 11.5. The molecule has 0 fully saturated rings. The van der Waals surface area contributed by atoms with Gasteiger partial charge in [0.1, 0.15) is 0 Å². The zero-order valence-electron chi connectivity index (χ0n) is 25.3. The highest BCUT2D eigenvalue weighted by Crippen LogP contribution is 2.25. The molecule has 1 atom stereocenters. The van der Waals surface area contributed by atoms with Crippen molar-refractivity contribution in [2.45, 2.75) is 174 Å². The molecule has 0 aliphatic carbocycles. The van der Waals surface area contributed by atoms with Crippen LogP contribution in [0.4, 0.5) is 0 Å². The largest absolute Gasteiger partial charge is 0.550 e. The van der Waals surface area contributed by atoms with Gasteiger partial charge in [0.05, 0.1) is 5.54 Å². The van der Waals surface area contributed by atoms with Crippen molar-refractivity contribution in [1.29, 1.82) is 0 Å². The highest BCUT2D eigenvalue weighted by Gasteiger charge is 2.27. The van der Waals surface area contributed by atoms with Gasteiger partial charge < -0.3 is 15.6 Å². The van der Waals surface area contributed by atoms with Crippen molar-refractivity contribution in [3.63, 3.8) is 0 Å². The molecule has 1 rings (SSSR count). The topological polar surface area (TPSA) is 67.8 Å². The molecule has 3 N–H and O–H groups in total. The van der Waals surface area contributed by atoms with E-state index in [4.69, 9.17) is 5.73 Å². The number of carboxylic acids is 1. The fourth-order valence-electron chi connectivity index (χ4n) is 5.09. The van der Waals surface area contributed by atoms with Crippen LogP contribution in [0.2, 0.25) is 0 Å². The normalized spacial score (nSPS) is 12.1. The number of aliphatic carboxylic acids is 1. The number of carboxylic acid groups (broad SMARTS) is 1. The van der Waals surface area contributed by atoms with E-state index in [0.29, 0.717) is 5.54 Å². The van der Waals surface area contributed by atoms with Crippen molar-refractivity contribution >= 4 is 5.97 Å². The zero-order valence-corrected chi connectivity index (χ0v) is 25.3. The van der Waals surface area contributed by atoms with Crippen molar-refractivity contribution in [2.24, 2.45) is 0 Å². The molecule has 1 unspecified atom stereocenters. The van der Waals surface area contributed by atoms with Crippen molar-refractivity contribution in [1.82, 2.24) is 0 Å². The molecule has 0 saturated heterocycles. The summed E-state index contributed by atoms with van der Waals surface area (Å²) < 4.78 is 0. The minimum absolute atomic E-state index is 0.389. The van der Waals surface area contributed by atoms with Crippen LogP contribution >= 0.6 is 0 Å². The van der Waals surface area contributed by atoms with Crippen molar-refractivity contribution in [3.05, 3.63) is 35.9 Å². The second kappa shape index (κ2) is 25.0. The van der Waals surface area contributed by atoms with Gasteiger partial charge in [-0.25, -0.2) is 0 Å². The van der Waals surface area contributed by atoms with E-state index in [0.717, 1.165) is 5.56 Å². The van der Waals surface area contributed by atoms with E-state index < -0.39 is 11.9 Å². The van der Waals surface area contributed by atoms with E-state index in [-0.39, 0.29) is 0 Å². The summed E-state index contributed by atoms with van der Waals surface area (Å²) in [6.07, 6.45) is 29.7. The maximum atomic E-state index is 10.4. The Morgan fingerprint density at radius 1 is 0.649 bits per heavy atom. The first-order valence-electron chi connectivity index (χ1n) is 16.0. The van der Waals surface area contributed by atoms with E-state index in [1.54, 1.807) is 19.1 Å². The zero-order chi connectivity index (χ0) is 27.6. The van der Waals surface area contributed by atoms with Crippen LogP contribution in [0.1, 0.15) is 174 Å². The van der Waals surface area contributed by atoms with Gasteiger partial charge in [-0.3, -0.25) is 0 Å². The fraction of sp³-hybridized carbons (Fsp3) is 0.794. The number of rotatable bonds is 23. The van der Waals surface area contributed by atoms with Crippen LogP contribution in [0.3, 0.4) is 0 Å². The predicted molar refractivity (Wildman–Crippen MR) is 159 cm³/mol. The first kappa shape index (κ1) is 35.6. The quantitative estimate of drug-likeness (QED) is 0.147. The predicted octanol–water partition coefficient (Wildman–Crippen LogP) is 8.76. The van der Waals surface area contributed by atoms with Gasteiger partial charge >= 0.3 is 0 Å². The summed E-state index contributed by atoms with van der Waals surface area (Å²) in [5, 5.41) is 10.4. The molecule has 3 nitrogen and oxygen atoms in total. The van der Waals surface area contributed by atoms with E-state index >= 15 is 0 Å². The van der Waals surface area contributed by atoms with Crippen LogP contribution in [-0.4, -0.2) is 11.5 Å². The van der Waals surface area contributed by atoms with Gasteiger partial charge in [-0.15, -0.1) is 0 Å². The van der Waals surface area contributed by atoms with Gasteiger partial charge in [-0.05, 0) is 24.8 Å². The molecule has 1 aromatic carbocycles. The molecule has 0 bridgehead atoms. The van der Waals surface area contributed by atoms with E-state index in [2.05, 4.69) is 20.8 Å². The second-order valence-electron chi connectivity index (χ2n) is 11.5. The summed E-state index contributed by atoms with van der Waals surface area (Å²) in [5.74, 6) is -1.55. The molecular formula is C34H63NO2. The van der Waals surface area contributed by atoms with Gasteiger partial charge in [0.2, 0.25) is 0 Å². The SMILES string of the molecule is CC(C(=O)[O-])c1ccccc1.CCCCCCCCC([NH3+])(CCCCCCCC)CCCCCCCC. The monoisotopic (exact) mass is 517 g/mol. The number of hydrogen-bond donors (Lipinski definition) is 1. The van der Waals surface area contributed by atoms with Crippen LogP contribution < -0.4 is 10.8 Å². The molecule has 0 saturated carbocycles. The first-order valence-corrected chi connectivity index (χ1v) is 16.0. The maximum absolute atomic E-state index is 10.4. The Bertz CT molecular complexity index is 575. The lowest BCUT2D eigenvalue weighted by Crippen LogP contribution is -2.72. The summed E-state index contributed by atoms with van der Waals surface area (Å²) >= 11 is 0. The molecule has 216 valence electrons. The lowest BCUT2D eigenvalue weighted by molar-refractivity contribution is -0.484. The summed E-state index contributed by atoms with van der Waals surface area (Å²) in [6.45, 7) is 8.54. The third kappa shape index (κ3) is 21.3. The van der Waals surface area contributed by atoms with Crippen LogP contribution in [-0.2, 0) is 4.79 Å². The molecule has 1 aromatic rings. The molecule has 0 aromatic heterocycles. The van der Waals surface area contributed by atoms with Crippen molar-refractivity contribution in [2.75, 3.05) is 0 Å². The van der Waals surface area contributed by atoms with Crippen LogP contribution in [0, 0.1) is 0 Å². The number of quaternary nitrogens is 1. The van der Waals surface area contributed by atoms with Crippen LogP contribution in [0.25, 0.3) is 0 Å². The molecular weight excluding hydrogens is 454 g/mol. The number of carbonyl (C=O) groups excluding carboxylic acids is 1. The summed E-state index contributed by atoms with van der Waals surface area (Å²) in [5.41, 5.74) is 5.95. The Labute approximate surface area is 231 Å². The average Bonchev–Trinajstić information content (AvgIpc) is 2.90. The standard InChI is InChI=1S/C25H53N.C9H10O2/c1-4-7-10-13-16-19-22-25(26,23-20-17-14-11-8-5-2)24-21-18-15-12-9-6-3;1-7(9(10)11)8-5-3-2-4-6-8/h4-24,26H2,1-3H3;2-7H,1H3,(H,10,11). The lowest BCUT2D eigenvalue weighted by Gasteiger charge is -2.26. The molecule has 0 aliphatic heterocycles. The highest BCUT2D eigenvalue weighted by molar-refractivity contribution is 5.73. The highest BCUT2D eigenvalue weighted by atomic mass is 16.4. The lowest BCUT2D eigenvalue weighted by atomic mass is 9.82. The Morgan fingerprint density at radius 2 is 0.973 bits per heavy atom. The number of hydrogen-bond acceptors (Lipinski definition) is 2. The van der Waals surface area contributed by atoms with E-state index in [1.165, 1.54) is 135 Å². The Hall–Kier alpha value is -1.35. The van der Waals surface area contributed by atoms with Crippen LogP contribution in [0.15, 0.2) is 30.3 Å². The van der Waals surface area contributed by atoms with Crippen LogP contribution in [0.5, 0.6) is 0 Å². The number of unbranched alkanes of at least 4 members (excludes halogenated alkanes) is 15. The van der Waals surface area contributed by atoms with Crippen molar-refractivity contribution < 1.29 is 15.6 Å². The van der Waals surface area contributed by atoms with Gasteiger partial charge in [-0.2, -0.15) is 0 Å². The Kier molecular flexibility index (Phi) is 24.0. The average molecular weight is 518 g/mol. The molecule has 0 aliphatic rings. The Balaban J connectivity index is 0.000000970. The molecule has 3 heteroatoms. The third-order valence-electron chi connectivity index (χ3n) is 7.84. The van der Waals surface area contributed by atoms with Crippen molar-refractivity contribution in [3.8, 4) is 0 Å². The first-order chi connectivity index (χ1) is 17.9. The van der Waals surface area contributed by atoms with Gasteiger partial charge in [-0.1, -0.05) is 154 Å². The third-order valence-corrected chi connectivity index (χ3v) is 7.84. The van der Waals surface area contributed by atoms with Gasteiger partial charge in [0.15, 0.2) is 0 Å². The minimum Gasteiger partial charge on any atom is -0.550 e. The Morgan fingerprint density at radius 3 is 1.30 bits per heavy atom. The number of benzene rings is 1. The number of carbonyl (C=O) groups is 1. The smallest absolute Gasteiger partial charge is 0.0945 e. The molecule has 0 amide bonds. The molecule has 0 radical (unpaired) electrons. The van der Waals surface area contributed by atoms with Gasteiger partial charge in [0, 0.05) is 31.1 Å². The summed E-state index contributed by atoms with van der Waals surface area (Å²) in [7, 11) is 0. The molecule has 0 heterocycles. The fourth-order valence-corrected chi connectivity index (χ4v) is 5.09. The molecule has 0 spiro atoms. The minimum atomic E-state index is -1.03. The van der Waals surface area contributed by atoms with E-state index in [1.807, 2.05) is 18.2 Å².